The van der Waals surface area contributed by atoms with Crippen LogP contribution in [0.2, 0.25) is 5.02 Å². The molecule has 0 radical (unpaired) electrons. The van der Waals surface area contributed by atoms with E-state index >= 15 is 0 Å². The third kappa shape index (κ3) is 4.56. The number of aryl methyl sites for hydroxylation is 1. The van der Waals surface area contributed by atoms with E-state index in [4.69, 9.17) is 21.3 Å². The number of H-pyrrole nitrogens is 1. The van der Waals surface area contributed by atoms with Gasteiger partial charge in [-0.1, -0.05) is 66.5 Å². The van der Waals surface area contributed by atoms with Gasteiger partial charge in [0.2, 0.25) is 0 Å². The second kappa shape index (κ2) is 9.14. The molecule has 2 heterocycles. The first kappa shape index (κ1) is 23.6. The molecule has 0 spiro atoms. The van der Waals surface area contributed by atoms with Crippen LogP contribution in [0.25, 0.3) is 21.6 Å². The van der Waals surface area contributed by atoms with Crippen molar-refractivity contribution in [3.8, 4) is 17.1 Å². The Morgan fingerprint density at radius 2 is 2.03 bits per heavy atom. The maximum absolute atomic E-state index is 13.2. The molecule has 1 N–H and O–H groups in total. The molecule has 34 heavy (non-hydrogen) atoms. The number of fused-ring (bicyclic) bond motifs is 3. The minimum absolute atomic E-state index is 0.0799. The van der Waals surface area contributed by atoms with E-state index in [1.165, 1.54) is 10.4 Å². The van der Waals surface area contributed by atoms with Crippen LogP contribution in [0.5, 0.6) is 5.75 Å². The van der Waals surface area contributed by atoms with Crippen LogP contribution in [-0.2, 0) is 19.4 Å². The van der Waals surface area contributed by atoms with Crippen LogP contribution in [-0.4, -0.2) is 9.97 Å². The lowest BCUT2D eigenvalue weighted by Gasteiger charge is -2.33. The van der Waals surface area contributed by atoms with Crippen LogP contribution in [0.3, 0.4) is 0 Å². The molecular weight excluding hydrogens is 532 g/mol. The van der Waals surface area contributed by atoms with Crippen LogP contribution in [0.1, 0.15) is 43.2 Å². The monoisotopic (exact) mass is 556 g/mol. The first-order chi connectivity index (χ1) is 16.2. The molecule has 0 amide bonds. The van der Waals surface area contributed by atoms with E-state index in [2.05, 4.69) is 41.7 Å². The normalized spacial score (nSPS) is 16.0. The highest BCUT2D eigenvalue weighted by molar-refractivity contribution is 9.10. The van der Waals surface area contributed by atoms with Gasteiger partial charge in [0.15, 0.2) is 0 Å². The van der Waals surface area contributed by atoms with E-state index in [1.54, 1.807) is 11.3 Å². The fourth-order valence-electron chi connectivity index (χ4n) is 4.63. The molecule has 2 aromatic carbocycles. The van der Waals surface area contributed by atoms with E-state index in [0.29, 0.717) is 29.1 Å². The number of halogens is 2. The van der Waals surface area contributed by atoms with Crippen molar-refractivity contribution < 1.29 is 4.74 Å². The minimum Gasteiger partial charge on any atom is -0.488 e. The zero-order chi connectivity index (χ0) is 24.0. The van der Waals surface area contributed by atoms with E-state index < -0.39 is 0 Å². The third-order valence-electron chi connectivity index (χ3n) is 6.68. The molecule has 176 valence electrons. The summed E-state index contributed by atoms with van der Waals surface area (Å²) >= 11 is 11.5. The molecule has 4 nitrogen and oxygen atoms in total. The Kier molecular flexibility index (Phi) is 6.34. The second-order valence-electron chi connectivity index (χ2n) is 9.92. The van der Waals surface area contributed by atoms with Crippen LogP contribution >= 0.6 is 38.9 Å². The number of aromatic nitrogens is 2. The van der Waals surface area contributed by atoms with Crippen molar-refractivity contribution in [2.75, 3.05) is 0 Å². The van der Waals surface area contributed by atoms with Gasteiger partial charge in [-0.3, -0.25) is 4.79 Å². The van der Waals surface area contributed by atoms with Gasteiger partial charge in [-0.2, -0.15) is 0 Å². The Balaban J connectivity index is 1.53. The zero-order valence-corrected chi connectivity index (χ0v) is 22.5. The van der Waals surface area contributed by atoms with Gasteiger partial charge < -0.3 is 9.72 Å². The van der Waals surface area contributed by atoms with Crippen molar-refractivity contribution in [3.63, 3.8) is 0 Å². The van der Waals surface area contributed by atoms with Gasteiger partial charge in [-0.05, 0) is 60.4 Å². The Morgan fingerprint density at radius 3 is 2.79 bits per heavy atom. The molecule has 0 fully saturated rings. The Morgan fingerprint density at radius 1 is 1.24 bits per heavy atom. The molecule has 1 aliphatic carbocycles. The van der Waals surface area contributed by atoms with E-state index in [9.17, 15) is 4.79 Å². The van der Waals surface area contributed by atoms with Crippen LogP contribution in [0, 0.1) is 11.3 Å². The van der Waals surface area contributed by atoms with Gasteiger partial charge in [0.1, 0.15) is 23.0 Å². The van der Waals surface area contributed by atoms with Crippen LogP contribution in [0.15, 0.2) is 51.7 Å². The predicted octanol–water partition coefficient (Wildman–Crippen LogP) is 7.80. The van der Waals surface area contributed by atoms with Crippen molar-refractivity contribution in [3.05, 3.63) is 78.3 Å². The summed E-state index contributed by atoms with van der Waals surface area (Å²) in [5.74, 6) is 1.76. The third-order valence-corrected chi connectivity index (χ3v) is 8.69. The molecule has 0 saturated carbocycles. The molecule has 4 aromatic rings. The van der Waals surface area contributed by atoms with Gasteiger partial charge in [0.05, 0.1) is 10.9 Å². The van der Waals surface area contributed by atoms with Crippen LogP contribution in [0.4, 0.5) is 0 Å². The summed E-state index contributed by atoms with van der Waals surface area (Å²) < 4.78 is 7.02. The number of benzene rings is 2. The van der Waals surface area contributed by atoms with Gasteiger partial charge in [-0.15, -0.1) is 11.3 Å². The Hall–Kier alpha value is -2.15. The average molecular weight is 558 g/mol. The highest BCUT2D eigenvalue weighted by Gasteiger charge is 2.31. The molecule has 0 saturated heterocycles. The van der Waals surface area contributed by atoms with Crippen molar-refractivity contribution in [2.24, 2.45) is 11.3 Å². The van der Waals surface area contributed by atoms with Crippen molar-refractivity contribution >= 4 is 49.1 Å². The fraction of sp³-hybridized carbons (Fsp3) is 0.333. The molecule has 1 aliphatic rings. The van der Waals surface area contributed by atoms with Gasteiger partial charge in [-0.25, -0.2) is 4.98 Å². The maximum atomic E-state index is 13.2. The SMILES string of the molecule is CC(C)(C)C1CCc2c(sc3nc(-c4cc(Br)ccc4OCc4ccccc4Cl)[nH]c(=O)c23)C1. The second-order valence-corrected chi connectivity index (χ2v) is 12.3. The van der Waals surface area contributed by atoms with Crippen molar-refractivity contribution in [1.29, 1.82) is 0 Å². The number of hydrogen-bond donors (Lipinski definition) is 1. The Bertz CT molecular complexity index is 1440. The number of aromatic amines is 1. The first-order valence-corrected chi connectivity index (χ1v) is 13.4. The zero-order valence-electron chi connectivity index (χ0n) is 19.4. The molecular formula is C27H26BrClN2O2S. The summed E-state index contributed by atoms with van der Waals surface area (Å²) in [4.78, 5) is 23.3. The molecule has 7 heteroatoms. The predicted molar refractivity (Wildman–Crippen MR) is 144 cm³/mol. The topological polar surface area (TPSA) is 55.0 Å². The molecule has 5 rings (SSSR count). The van der Waals surface area contributed by atoms with E-state index in [-0.39, 0.29) is 11.0 Å². The quantitative estimate of drug-likeness (QED) is 0.278. The standard InChI is InChI=1S/C27H26BrClN2O2S/c1-27(2,3)16-8-10-18-22(12-16)34-26-23(18)25(32)30-24(31-26)19-13-17(28)9-11-21(19)33-14-15-6-4-5-7-20(15)29/h4-7,9,11,13,16H,8,10,12,14H2,1-3H3,(H,30,31,32). The van der Waals surface area contributed by atoms with Crippen molar-refractivity contribution in [2.45, 2.75) is 46.6 Å². The number of ether oxygens (including phenoxy) is 1. The summed E-state index contributed by atoms with van der Waals surface area (Å²) in [6, 6.07) is 13.3. The molecule has 2 aromatic heterocycles. The number of thiophene rings is 1. The lowest BCUT2D eigenvalue weighted by molar-refractivity contribution is 0.218. The highest BCUT2D eigenvalue weighted by Crippen LogP contribution is 2.42. The van der Waals surface area contributed by atoms with Gasteiger partial charge >= 0.3 is 0 Å². The summed E-state index contributed by atoms with van der Waals surface area (Å²) in [5, 5.41) is 1.41. The van der Waals surface area contributed by atoms with Crippen LogP contribution < -0.4 is 10.3 Å². The lowest BCUT2D eigenvalue weighted by Crippen LogP contribution is -2.26. The Labute approximate surface area is 216 Å². The smallest absolute Gasteiger partial charge is 0.260 e. The maximum Gasteiger partial charge on any atom is 0.260 e. The summed E-state index contributed by atoms with van der Waals surface area (Å²) in [5.41, 5.74) is 2.99. The number of nitrogens with one attached hydrogen (secondary N) is 1. The van der Waals surface area contributed by atoms with Crippen molar-refractivity contribution in [1.82, 2.24) is 9.97 Å². The summed E-state index contributed by atoms with van der Waals surface area (Å²) in [6.07, 6.45) is 3.05. The number of hydrogen-bond acceptors (Lipinski definition) is 4. The minimum atomic E-state index is -0.0799. The molecule has 1 atom stereocenters. The van der Waals surface area contributed by atoms with E-state index in [0.717, 1.165) is 45.1 Å². The largest absolute Gasteiger partial charge is 0.488 e. The molecule has 0 aliphatic heterocycles. The molecule has 0 bridgehead atoms. The fourth-order valence-corrected chi connectivity index (χ4v) is 6.49. The van der Waals surface area contributed by atoms with Gasteiger partial charge in [0.25, 0.3) is 5.56 Å². The molecule has 1 unspecified atom stereocenters. The number of nitrogens with zero attached hydrogens (tertiary/aromatic N) is 1. The van der Waals surface area contributed by atoms with E-state index in [1.807, 2.05) is 42.5 Å². The van der Waals surface area contributed by atoms with Gasteiger partial charge in [0, 0.05) is 19.9 Å². The first-order valence-electron chi connectivity index (χ1n) is 11.4. The summed E-state index contributed by atoms with van der Waals surface area (Å²) in [7, 11) is 0. The number of rotatable bonds is 4. The summed E-state index contributed by atoms with van der Waals surface area (Å²) in [6.45, 7) is 7.23. The average Bonchev–Trinajstić information content (AvgIpc) is 3.17. The highest BCUT2D eigenvalue weighted by atomic mass is 79.9. The lowest BCUT2D eigenvalue weighted by atomic mass is 9.72.